The highest BCUT2D eigenvalue weighted by atomic mass is 35.5. The quantitative estimate of drug-likeness (QED) is 0.275. The number of para-hydroxylation sites is 1. The summed E-state index contributed by atoms with van der Waals surface area (Å²) in [5.41, 5.74) is -0.0733. The fourth-order valence-electron chi connectivity index (χ4n) is 7.71. The van der Waals surface area contributed by atoms with Gasteiger partial charge < -0.3 is 4.90 Å². The number of halogens is 2. The maximum atomic E-state index is 14.8. The van der Waals surface area contributed by atoms with E-state index in [4.69, 9.17) is 11.6 Å². The van der Waals surface area contributed by atoms with Crippen molar-refractivity contribution in [3.8, 4) is 0 Å². The predicted octanol–water partition coefficient (Wildman–Crippen LogP) is 5.92. The van der Waals surface area contributed by atoms with E-state index in [1.54, 1.807) is 66.7 Å². The second-order valence-electron chi connectivity index (χ2n) is 11.7. The van der Waals surface area contributed by atoms with Crippen LogP contribution in [-0.2, 0) is 20.8 Å². The number of benzene rings is 3. The van der Waals surface area contributed by atoms with E-state index in [1.165, 1.54) is 21.9 Å². The molecule has 0 aromatic heterocycles. The van der Waals surface area contributed by atoms with Crippen molar-refractivity contribution < 1.29 is 23.6 Å². The van der Waals surface area contributed by atoms with Crippen molar-refractivity contribution in [1.82, 2.24) is 9.80 Å². The van der Waals surface area contributed by atoms with Gasteiger partial charge in [0.2, 0.25) is 11.8 Å². The minimum Gasteiger partial charge on any atom is -0.300 e. The highest BCUT2D eigenvalue weighted by Crippen LogP contribution is 2.60. The largest absolute Gasteiger partial charge is 0.332 e. The van der Waals surface area contributed by atoms with Gasteiger partial charge in [0.15, 0.2) is 0 Å². The molecule has 0 radical (unpaired) electrons. The molecule has 3 saturated heterocycles. The molecule has 3 aromatic carbocycles. The molecule has 0 spiro atoms. The van der Waals surface area contributed by atoms with Crippen LogP contribution in [0.2, 0.25) is 5.02 Å². The van der Waals surface area contributed by atoms with Crippen LogP contribution in [0.5, 0.6) is 0 Å². The number of carbonyl (C=O) groups is 4. The lowest BCUT2D eigenvalue weighted by atomic mass is 9.75. The van der Waals surface area contributed by atoms with Crippen LogP contribution in [0, 0.1) is 17.7 Å². The van der Waals surface area contributed by atoms with Crippen LogP contribution in [-0.4, -0.2) is 45.1 Å². The third kappa shape index (κ3) is 3.84. The molecule has 214 valence electrons. The first-order valence-electron chi connectivity index (χ1n) is 14.4. The summed E-state index contributed by atoms with van der Waals surface area (Å²) >= 11 is 6.17. The van der Waals surface area contributed by atoms with Gasteiger partial charge in [-0.2, -0.15) is 0 Å². The summed E-state index contributed by atoms with van der Waals surface area (Å²) in [5, 5.41) is 0.511. The smallest absolute Gasteiger partial charge is 0.300 e. The second kappa shape index (κ2) is 10.1. The van der Waals surface area contributed by atoms with E-state index in [-0.39, 0.29) is 18.4 Å². The Bertz CT molecular complexity index is 1580. The van der Waals surface area contributed by atoms with Crippen molar-refractivity contribution >= 4 is 41.0 Å². The average Bonchev–Trinajstić information content (AvgIpc) is 3.53. The van der Waals surface area contributed by atoms with Crippen molar-refractivity contribution in [2.45, 2.75) is 56.1 Å². The molecule has 42 heavy (non-hydrogen) atoms. The predicted molar refractivity (Wildman–Crippen MR) is 154 cm³/mol. The van der Waals surface area contributed by atoms with E-state index in [0.717, 1.165) is 37.0 Å². The molecule has 3 heterocycles. The molecule has 0 unspecified atom stereocenters. The highest BCUT2D eigenvalue weighted by molar-refractivity contribution is 6.30. The molecular formula is C33H29ClFN3O4. The van der Waals surface area contributed by atoms with Crippen LogP contribution in [0.4, 0.5) is 14.9 Å². The van der Waals surface area contributed by atoms with Gasteiger partial charge in [-0.05, 0) is 60.4 Å². The fourth-order valence-corrected chi connectivity index (χ4v) is 7.84. The molecular weight excluding hydrogens is 557 g/mol. The van der Waals surface area contributed by atoms with E-state index < -0.39 is 47.1 Å². The summed E-state index contributed by atoms with van der Waals surface area (Å²) in [4.78, 5) is 62.1. The molecule has 1 aliphatic carbocycles. The van der Waals surface area contributed by atoms with Gasteiger partial charge in [-0.1, -0.05) is 73.3 Å². The summed E-state index contributed by atoms with van der Waals surface area (Å²) in [6.07, 6.45) is 4.34. The van der Waals surface area contributed by atoms with Crippen LogP contribution in [0.15, 0.2) is 78.9 Å². The van der Waals surface area contributed by atoms with Gasteiger partial charge in [-0.3, -0.25) is 19.3 Å². The van der Waals surface area contributed by atoms with Gasteiger partial charge in [0.25, 0.3) is 5.91 Å². The van der Waals surface area contributed by atoms with Crippen LogP contribution >= 0.6 is 11.6 Å². The molecule has 7 nitrogen and oxygen atoms in total. The normalized spacial score (nSPS) is 27.7. The van der Waals surface area contributed by atoms with E-state index in [9.17, 15) is 23.6 Å². The molecule has 3 aliphatic heterocycles. The van der Waals surface area contributed by atoms with Crippen LogP contribution < -0.4 is 4.90 Å². The van der Waals surface area contributed by atoms with Crippen LogP contribution in [0.25, 0.3) is 0 Å². The van der Waals surface area contributed by atoms with Crippen molar-refractivity contribution in [2.24, 2.45) is 11.8 Å². The maximum Gasteiger partial charge on any atom is 0.332 e. The van der Waals surface area contributed by atoms with Crippen molar-refractivity contribution in [1.29, 1.82) is 0 Å². The lowest BCUT2D eigenvalue weighted by molar-refractivity contribution is -0.147. The number of hydrogen-bond acceptors (Lipinski definition) is 4. The highest BCUT2D eigenvalue weighted by Gasteiger charge is 2.77. The summed E-state index contributed by atoms with van der Waals surface area (Å²) in [5.74, 6) is -3.83. The van der Waals surface area contributed by atoms with Gasteiger partial charge in [0.1, 0.15) is 11.4 Å². The summed E-state index contributed by atoms with van der Waals surface area (Å²) in [7, 11) is 0. The number of nitrogens with zero attached hydrogens (tertiary/aromatic N) is 3. The number of rotatable bonds is 5. The first kappa shape index (κ1) is 26.8. The molecule has 5 amide bonds. The molecule has 4 atom stereocenters. The molecule has 0 bridgehead atoms. The topological polar surface area (TPSA) is 78.0 Å². The van der Waals surface area contributed by atoms with Gasteiger partial charge in [-0.25, -0.2) is 14.1 Å². The third-order valence-electron chi connectivity index (χ3n) is 9.47. The number of hydrogen-bond donors (Lipinski definition) is 0. The number of carbonyl (C=O) groups excluding carboxylic acids is 4. The Morgan fingerprint density at radius 2 is 1.48 bits per heavy atom. The maximum absolute atomic E-state index is 14.8. The zero-order chi connectivity index (χ0) is 29.2. The molecule has 7 rings (SSSR count). The Kier molecular flexibility index (Phi) is 6.42. The molecule has 0 N–H and O–H groups in total. The van der Waals surface area contributed by atoms with Gasteiger partial charge >= 0.3 is 6.03 Å². The summed E-state index contributed by atoms with van der Waals surface area (Å²) in [6, 6.07) is 19.4. The van der Waals surface area contributed by atoms with Gasteiger partial charge in [-0.15, -0.1) is 0 Å². The zero-order valence-electron chi connectivity index (χ0n) is 22.8. The number of anilines is 1. The van der Waals surface area contributed by atoms with E-state index in [1.807, 2.05) is 0 Å². The molecule has 4 fully saturated rings. The Balaban J connectivity index is 1.45. The summed E-state index contributed by atoms with van der Waals surface area (Å²) in [6.45, 7) is 0. The molecule has 3 aromatic rings. The average molecular weight is 586 g/mol. The van der Waals surface area contributed by atoms with Crippen molar-refractivity contribution in [3.63, 3.8) is 0 Å². The van der Waals surface area contributed by atoms with Crippen LogP contribution in [0.3, 0.4) is 0 Å². The monoisotopic (exact) mass is 585 g/mol. The Morgan fingerprint density at radius 1 is 0.810 bits per heavy atom. The first-order chi connectivity index (χ1) is 20.3. The van der Waals surface area contributed by atoms with E-state index in [2.05, 4.69) is 0 Å². The lowest BCUT2D eigenvalue weighted by Crippen LogP contribution is -2.56. The molecule has 1 saturated carbocycles. The van der Waals surface area contributed by atoms with Crippen molar-refractivity contribution in [2.75, 3.05) is 4.90 Å². The standard InChI is InChI=1S/C33H29ClFN3O4/c34-22-15-11-20(12-16-22)19-33-27-26(29(39)36(30(27)40)24-7-3-1-4-8-24)28(21-13-17-23(35)18-14-21)38(33)32(42)37(31(33)41)25-9-5-2-6-10-25/h2,5-6,9-18,24,26-28H,1,3-4,7-8,19H2/t26-,27-,28-,33-/m1/s1. The second-order valence-corrected chi connectivity index (χ2v) is 12.1. The molecule has 4 aliphatic rings. The van der Waals surface area contributed by atoms with Gasteiger partial charge in [0.05, 0.1) is 23.6 Å². The number of urea groups is 1. The first-order valence-corrected chi connectivity index (χ1v) is 14.8. The number of imide groups is 2. The van der Waals surface area contributed by atoms with Crippen molar-refractivity contribution in [3.05, 3.63) is 101 Å². The zero-order valence-corrected chi connectivity index (χ0v) is 23.5. The SMILES string of the molecule is O=C1[C@H]2[C@@H](c3ccc(F)cc3)N3C(=O)N(c4ccccc4)C(=O)[C@@]3(Cc3ccc(Cl)cc3)[C@H]2C(=O)N1C1CCCCC1. The van der Waals surface area contributed by atoms with Gasteiger partial charge in [0, 0.05) is 17.5 Å². The fraction of sp³-hybridized carbons (Fsp3) is 0.333. The Morgan fingerprint density at radius 3 is 2.14 bits per heavy atom. The van der Waals surface area contributed by atoms with Crippen LogP contribution in [0.1, 0.15) is 49.3 Å². The number of likely N-dealkylation sites (tertiary alicyclic amines) is 1. The lowest BCUT2D eigenvalue weighted by Gasteiger charge is -2.37. The number of amides is 5. The van der Waals surface area contributed by atoms with E-state index >= 15 is 0 Å². The van der Waals surface area contributed by atoms with E-state index in [0.29, 0.717) is 21.8 Å². The summed E-state index contributed by atoms with van der Waals surface area (Å²) < 4.78 is 14.1. The minimum absolute atomic E-state index is 0.0223. The Hall–Kier alpha value is -4.04. The number of fused-ring (bicyclic) bond motifs is 3. The Labute approximate surface area is 247 Å². The third-order valence-corrected chi connectivity index (χ3v) is 9.72. The molecule has 9 heteroatoms. The minimum atomic E-state index is -1.67.